The van der Waals surface area contributed by atoms with E-state index in [-0.39, 0.29) is 12.6 Å². The summed E-state index contributed by atoms with van der Waals surface area (Å²) in [6, 6.07) is 5.21. The van der Waals surface area contributed by atoms with Gasteiger partial charge in [0.15, 0.2) is 0 Å². The molecule has 0 unspecified atom stereocenters. The van der Waals surface area contributed by atoms with E-state index in [4.69, 9.17) is 0 Å². The van der Waals surface area contributed by atoms with Crippen LogP contribution >= 0.6 is 0 Å². The second kappa shape index (κ2) is 6.70. The van der Waals surface area contributed by atoms with Crippen LogP contribution in [0.1, 0.15) is 50.2 Å². The molecule has 1 aromatic carbocycles. The number of aliphatic hydroxyl groups is 1. The van der Waals surface area contributed by atoms with Gasteiger partial charge in [-0.25, -0.2) is 13.1 Å². The molecular formula is C15H23NO3S. The van der Waals surface area contributed by atoms with Gasteiger partial charge in [0.25, 0.3) is 0 Å². The van der Waals surface area contributed by atoms with E-state index in [9.17, 15) is 13.5 Å². The molecule has 1 aliphatic rings. The van der Waals surface area contributed by atoms with Crippen molar-refractivity contribution >= 4 is 10.0 Å². The van der Waals surface area contributed by atoms with Gasteiger partial charge in [-0.05, 0) is 36.5 Å². The van der Waals surface area contributed by atoms with Crippen LogP contribution < -0.4 is 4.72 Å². The summed E-state index contributed by atoms with van der Waals surface area (Å²) >= 11 is 0. The smallest absolute Gasteiger partial charge is 0.241 e. The van der Waals surface area contributed by atoms with Crippen molar-refractivity contribution in [2.75, 3.05) is 0 Å². The quantitative estimate of drug-likeness (QED) is 0.876. The number of nitrogens with one attached hydrogen (secondary N) is 1. The lowest BCUT2D eigenvalue weighted by Gasteiger charge is -2.23. The predicted molar refractivity (Wildman–Crippen MR) is 78.9 cm³/mol. The summed E-state index contributed by atoms with van der Waals surface area (Å²) in [6.45, 7) is 1.80. The Balaban J connectivity index is 2.27. The first-order valence-corrected chi connectivity index (χ1v) is 8.80. The summed E-state index contributed by atoms with van der Waals surface area (Å²) in [7, 11) is -3.50. The molecule has 1 saturated carbocycles. The minimum absolute atomic E-state index is 0.0521. The summed E-state index contributed by atoms with van der Waals surface area (Å²) < 4.78 is 27.9. The lowest BCUT2D eigenvalue weighted by molar-refractivity contribution is 0.281. The van der Waals surface area contributed by atoms with Crippen LogP contribution in [0.15, 0.2) is 23.1 Å². The van der Waals surface area contributed by atoms with Crippen molar-refractivity contribution in [1.29, 1.82) is 0 Å². The van der Waals surface area contributed by atoms with Gasteiger partial charge < -0.3 is 5.11 Å². The number of benzene rings is 1. The molecule has 112 valence electrons. The molecule has 0 radical (unpaired) electrons. The molecule has 0 atom stereocenters. The third-order valence-electron chi connectivity index (χ3n) is 3.91. The number of sulfonamides is 1. The maximum atomic E-state index is 12.6. The van der Waals surface area contributed by atoms with Crippen molar-refractivity contribution in [3.63, 3.8) is 0 Å². The van der Waals surface area contributed by atoms with E-state index in [1.54, 1.807) is 18.2 Å². The number of aryl methyl sites for hydroxylation is 1. The minimum atomic E-state index is -3.50. The average Bonchev–Trinajstić information content (AvgIpc) is 2.47. The Morgan fingerprint density at radius 1 is 1.25 bits per heavy atom. The topological polar surface area (TPSA) is 66.4 Å². The van der Waals surface area contributed by atoms with Gasteiger partial charge in [-0.3, -0.25) is 0 Å². The van der Waals surface area contributed by atoms with Crippen LogP contribution in [0.5, 0.6) is 0 Å². The molecule has 0 bridgehead atoms. The molecule has 0 amide bonds. The van der Waals surface area contributed by atoms with Gasteiger partial charge in [-0.2, -0.15) is 0 Å². The fourth-order valence-electron chi connectivity index (χ4n) is 2.74. The molecule has 1 fully saturated rings. The molecule has 1 aliphatic carbocycles. The second-order valence-electron chi connectivity index (χ2n) is 5.41. The molecule has 1 aromatic rings. The van der Waals surface area contributed by atoms with E-state index in [2.05, 4.69) is 4.72 Å². The molecule has 0 saturated heterocycles. The lowest BCUT2D eigenvalue weighted by Crippen LogP contribution is -2.36. The standard InChI is InChI=1S/C15H23NO3S/c1-2-13-9-8-12(11-17)10-15(13)20(18,19)16-14-6-4-3-5-7-14/h8-10,14,16-17H,2-7,11H2,1H3. The molecule has 0 aliphatic heterocycles. The normalized spacial score (nSPS) is 17.3. The largest absolute Gasteiger partial charge is 0.392 e. The first-order valence-electron chi connectivity index (χ1n) is 7.32. The third-order valence-corrected chi connectivity index (χ3v) is 5.51. The van der Waals surface area contributed by atoms with Crippen molar-refractivity contribution in [3.8, 4) is 0 Å². The van der Waals surface area contributed by atoms with E-state index in [0.29, 0.717) is 16.9 Å². The summed E-state index contributed by atoms with van der Waals surface area (Å²) in [5.41, 5.74) is 1.43. The van der Waals surface area contributed by atoms with Crippen LogP contribution in [0.3, 0.4) is 0 Å². The van der Waals surface area contributed by atoms with Crippen molar-refractivity contribution in [2.45, 2.75) is 63.0 Å². The zero-order valence-corrected chi connectivity index (χ0v) is 12.7. The van der Waals surface area contributed by atoms with Crippen molar-refractivity contribution in [1.82, 2.24) is 4.72 Å². The zero-order valence-electron chi connectivity index (χ0n) is 11.9. The van der Waals surface area contributed by atoms with E-state index in [1.165, 1.54) is 6.42 Å². The van der Waals surface area contributed by atoms with Crippen molar-refractivity contribution < 1.29 is 13.5 Å². The second-order valence-corrected chi connectivity index (χ2v) is 7.09. The fraction of sp³-hybridized carbons (Fsp3) is 0.600. The molecule has 2 rings (SSSR count). The van der Waals surface area contributed by atoms with Gasteiger partial charge in [0, 0.05) is 6.04 Å². The molecule has 0 spiro atoms. The maximum absolute atomic E-state index is 12.6. The fourth-order valence-corrected chi connectivity index (χ4v) is 4.41. The SMILES string of the molecule is CCc1ccc(CO)cc1S(=O)(=O)NC1CCCCC1. The van der Waals surface area contributed by atoms with Crippen LogP contribution in [0.25, 0.3) is 0 Å². The Labute approximate surface area is 121 Å². The highest BCUT2D eigenvalue weighted by atomic mass is 32.2. The Morgan fingerprint density at radius 3 is 2.55 bits per heavy atom. The molecule has 0 aromatic heterocycles. The van der Waals surface area contributed by atoms with E-state index >= 15 is 0 Å². The Morgan fingerprint density at radius 2 is 1.95 bits per heavy atom. The first-order chi connectivity index (χ1) is 9.56. The summed E-state index contributed by atoms with van der Waals surface area (Å²) in [6.07, 6.45) is 5.86. The van der Waals surface area contributed by atoms with E-state index < -0.39 is 10.0 Å². The predicted octanol–water partition coefficient (Wildman–Crippen LogP) is 2.35. The Kier molecular flexibility index (Phi) is 5.18. The van der Waals surface area contributed by atoms with Gasteiger partial charge in [0.05, 0.1) is 11.5 Å². The summed E-state index contributed by atoms with van der Waals surface area (Å²) in [4.78, 5) is 0.317. The molecule has 20 heavy (non-hydrogen) atoms. The number of hydrogen-bond donors (Lipinski definition) is 2. The van der Waals surface area contributed by atoms with Crippen molar-refractivity contribution in [3.05, 3.63) is 29.3 Å². The Hall–Kier alpha value is -0.910. The molecular weight excluding hydrogens is 274 g/mol. The monoisotopic (exact) mass is 297 g/mol. The lowest BCUT2D eigenvalue weighted by atomic mass is 9.96. The highest BCUT2D eigenvalue weighted by molar-refractivity contribution is 7.89. The highest BCUT2D eigenvalue weighted by Crippen LogP contribution is 2.23. The number of rotatable bonds is 5. The molecule has 0 heterocycles. The van der Waals surface area contributed by atoms with Gasteiger partial charge >= 0.3 is 0 Å². The third kappa shape index (κ3) is 3.59. The summed E-state index contributed by atoms with van der Waals surface area (Å²) in [5, 5.41) is 9.20. The Bertz CT molecular complexity index is 548. The van der Waals surface area contributed by atoms with Gasteiger partial charge in [-0.1, -0.05) is 38.3 Å². The van der Waals surface area contributed by atoms with E-state index in [0.717, 1.165) is 31.2 Å². The first kappa shape index (κ1) is 15.5. The van der Waals surface area contributed by atoms with Crippen LogP contribution in [0.2, 0.25) is 0 Å². The number of hydrogen-bond acceptors (Lipinski definition) is 3. The average molecular weight is 297 g/mol. The van der Waals surface area contributed by atoms with Crippen LogP contribution in [-0.4, -0.2) is 19.6 Å². The van der Waals surface area contributed by atoms with E-state index in [1.807, 2.05) is 6.92 Å². The van der Waals surface area contributed by atoms with Crippen molar-refractivity contribution in [2.24, 2.45) is 0 Å². The van der Waals surface area contributed by atoms with Crippen LogP contribution in [0, 0.1) is 0 Å². The molecule has 2 N–H and O–H groups in total. The minimum Gasteiger partial charge on any atom is -0.392 e. The van der Waals surface area contributed by atoms with Crippen LogP contribution in [0.4, 0.5) is 0 Å². The number of aliphatic hydroxyl groups excluding tert-OH is 1. The van der Waals surface area contributed by atoms with Gasteiger partial charge in [0.2, 0.25) is 10.0 Å². The molecule has 5 heteroatoms. The van der Waals surface area contributed by atoms with Crippen LogP contribution in [-0.2, 0) is 23.1 Å². The summed E-state index contributed by atoms with van der Waals surface area (Å²) in [5.74, 6) is 0. The van der Waals surface area contributed by atoms with Gasteiger partial charge in [-0.15, -0.1) is 0 Å². The maximum Gasteiger partial charge on any atom is 0.241 e. The zero-order chi connectivity index (χ0) is 14.6. The highest BCUT2D eigenvalue weighted by Gasteiger charge is 2.23. The molecule has 4 nitrogen and oxygen atoms in total. The van der Waals surface area contributed by atoms with Gasteiger partial charge in [0.1, 0.15) is 0 Å².